The largest absolute Gasteiger partial charge is 0.481 e. The summed E-state index contributed by atoms with van der Waals surface area (Å²) in [6.07, 6.45) is 4.98. The molecule has 0 aliphatic carbocycles. The van der Waals surface area contributed by atoms with Crippen LogP contribution < -0.4 is 0 Å². The van der Waals surface area contributed by atoms with Crippen molar-refractivity contribution in [1.29, 1.82) is 0 Å². The summed E-state index contributed by atoms with van der Waals surface area (Å²) in [5, 5.41) is 8.98. The molecule has 5 nitrogen and oxygen atoms in total. The van der Waals surface area contributed by atoms with E-state index in [1.54, 1.807) is 0 Å². The molecule has 2 aliphatic heterocycles. The van der Waals surface area contributed by atoms with Gasteiger partial charge in [-0.1, -0.05) is 6.92 Å². The lowest BCUT2D eigenvalue weighted by Crippen LogP contribution is -2.54. The van der Waals surface area contributed by atoms with E-state index in [-0.39, 0.29) is 36.5 Å². The third-order valence-corrected chi connectivity index (χ3v) is 5.22. The van der Waals surface area contributed by atoms with Gasteiger partial charge in [-0.05, 0) is 51.9 Å². The van der Waals surface area contributed by atoms with Gasteiger partial charge in [0.15, 0.2) is 0 Å². The van der Waals surface area contributed by atoms with E-state index in [4.69, 9.17) is 5.11 Å². The molecule has 21 heavy (non-hydrogen) atoms. The monoisotopic (exact) mass is 296 g/mol. The summed E-state index contributed by atoms with van der Waals surface area (Å²) >= 11 is 0. The maximum Gasteiger partial charge on any atom is 0.320 e. The molecule has 3 unspecified atom stereocenters. The van der Waals surface area contributed by atoms with Gasteiger partial charge in [0.1, 0.15) is 0 Å². The second kappa shape index (κ2) is 6.67. The number of carbonyl (C=O) groups excluding carboxylic acids is 1. The first kappa shape index (κ1) is 16.1. The fraction of sp³-hybridized carbons (Fsp3) is 0.875. The van der Waals surface area contributed by atoms with Gasteiger partial charge in [-0.3, -0.25) is 4.79 Å². The van der Waals surface area contributed by atoms with Gasteiger partial charge in [0.05, 0.1) is 0 Å². The van der Waals surface area contributed by atoms with Crippen molar-refractivity contribution in [2.75, 3.05) is 6.54 Å². The molecule has 1 N–H and O–H groups in total. The zero-order chi connectivity index (χ0) is 15.6. The minimum atomic E-state index is -0.714. The maximum atomic E-state index is 12.9. The molecule has 0 spiro atoms. The van der Waals surface area contributed by atoms with E-state index >= 15 is 0 Å². The summed E-state index contributed by atoms with van der Waals surface area (Å²) in [6, 6.07) is 0.921. The number of carboxylic acids is 1. The van der Waals surface area contributed by atoms with Crippen LogP contribution in [0.15, 0.2) is 0 Å². The summed E-state index contributed by atoms with van der Waals surface area (Å²) in [6.45, 7) is 6.97. The highest BCUT2D eigenvalue weighted by Crippen LogP contribution is 2.40. The molecule has 0 radical (unpaired) electrons. The van der Waals surface area contributed by atoms with Crippen LogP contribution in [0.2, 0.25) is 0 Å². The number of rotatable bonds is 5. The lowest BCUT2D eigenvalue weighted by molar-refractivity contribution is -0.138. The predicted molar refractivity (Wildman–Crippen MR) is 81.2 cm³/mol. The van der Waals surface area contributed by atoms with Crippen LogP contribution in [-0.2, 0) is 4.79 Å². The van der Waals surface area contributed by atoms with Crippen molar-refractivity contribution in [3.8, 4) is 0 Å². The standard InChI is InChI=1S/C16H28N2O3/c1-4-11(3)17(5-2)16(21)18-13-6-7-14(18)9-12(8-13)10-15(19)20/h11-14H,4-10H2,1-3H3,(H,19,20). The topological polar surface area (TPSA) is 60.9 Å². The van der Waals surface area contributed by atoms with Crippen LogP contribution in [0.3, 0.4) is 0 Å². The Bertz CT molecular complexity index is 385. The molecule has 2 saturated heterocycles. The third-order valence-electron chi connectivity index (χ3n) is 5.22. The highest BCUT2D eigenvalue weighted by atomic mass is 16.4. The molecule has 2 amide bonds. The smallest absolute Gasteiger partial charge is 0.320 e. The average molecular weight is 296 g/mol. The highest BCUT2D eigenvalue weighted by Gasteiger charge is 2.45. The molecule has 120 valence electrons. The Labute approximate surface area is 127 Å². The van der Waals surface area contributed by atoms with Crippen molar-refractivity contribution in [3.63, 3.8) is 0 Å². The fourth-order valence-corrected chi connectivity index (χ4v) is 4.02. The van der Waals surface area contributed by atoms with Crippen molar-refractivity contribution in [2.24, 2.45) is 5.92 Å². The van der Waals surface area contributed by atoms with E-state index in [2.05, 4.69) is 18.7 Å². The summed E-state index contributed by atoms with van der Waals surface area (Å²) < 4.78 is 0. The van der Waals surface area contributed by atoms with E-state index < -0.39 is 5.97 Å². The minimum absolute atomic E-state index is 0.160. The van der Waals surface area contributed by atoms with Crippen molar-refractivity contribution in [2.45, 2.75) is 77.4 Å². The van der Waals surface area contributed by atoms with E-state index in [1.165, 1.54) is 0 Å². The van der Waals surface area contributed by atoms with E-state index in [0.29, 0.717) is 0 Å². The maximum absolute atomic E-state index is 12.9. The number of carbonyl (C=O) groups is 2. The Morgan fingerprint density at radius 1 is 1.24 bits per heavy atom. The Kier molecular flexibility index (Phi) is 5.12. The zero-order valence-corrected chi connectivity index (χ0v) is 13.4. The number of aliphatic carboxylic acids is 1. The zero-order valence-electron chi connectivity index (χ0n) is 13.4. The lowest BCUT2D eigenvalue weighted by atomic mass is 9.88. The second-order valence-corrected chi connectivity index (χ2v) is 6.55. The minimum Gasteiger partial charge on any atom is -0.481 e. The number of hydrogen-bond donors (Lipinski definition) is 1. The number of urea groups is 1. The molecule has 2 heterocycles. The van der Waals surface area contributed by atoms with E-state index in [1.807, 2.05) is 11.8 Å². The molecule has 2 aliphatic rings. The van der Waals surface area contributed by atoms with E-state index in [0.717, 1.165) is 38.6 Å². The third kappa shape index (κ3) is 3.33. The SMILES string of the molecule is CCC(C)N(CC)C(=O)N1C2CCC1CC(CC(=O)O)C2. The average Bonchev–Trinajstić information content (AvgIpc) is 2.70. The lowest BCUT2D eigenvalue weighted by Gasteiger charge is -2.42. The first-order valence-electron chi connectivity index (χ1n) is 8.28. The van der Waals surface area contributed by atoms with Gasteiger partial charge in [-0.25, -0.2) is 4.79 Å². The summed E-state index contributed by atoms with van der Waals surface area (Å²) in [5.74, 6) is -0.475. The van der Waals surface area contributed by atoms with Crippen molar-refractivity contribution in [1.82, 2.24) is 9.80 Å². The summed E-state index contributed by atoms with van der Waals surface area (Å²) in [4.78, 5) is 27.8. The Balaban J connectivity index is 2.05. The number of hydrogen-bond acceptors (Lipinski definition) is 2. The molecular formula is C16H28N2O3. The molecule has 2 fully saturated rings. The van der Waals surface area contributed by atoms with Crippen LogP contribution in [-0.4, -0.2) is 51.6 Å². The van der Waals surface area contributed by atoms with E-state index in [9.17, 15) is 9.59 Å². The molecule has 2 rings (SSSR count). The van der Waals surface area contributed by atoms with Gasteiger partial charge < -0.3 is 14.9 Å². The Morgan fingerprint density at radius 3 is 2.24 bits per heavy atom. The van der Waals surface area contributed by atoms with Gasteiger partial charge >= 0.3 is 12.0 Å². The number of nitrogens with zero attached hydrogens (tertiary/aromatic N) is 2. The molecular weight excluding hydrogens is 268 g/mol. The molecule has 0 aromatic carbocycles. The van der Waals surface area contributed by atoms with Crippen LogP contribution in [0, 0.1) is 5.92 Å². The molecule has 0 aromatic heterocycles. The Morgan fingerprint density at radius 2 is 1.81 bits per heavy atom. The van der Waals surface area contributed by atoms with Crippen LogP contribution in [0.5, 0.6) is 0 Å². The van der Waals surface area contributed by atoms with Crippen LogP contribution >= 0.6 is 0 Å². The summed E-state index contributed by atoms with van der Waals surface area (Å²) in [5.41, 5.74) is 0. The normalized spacial score (nSPS) is 29.3. The molecule has 5 heteroatoms. The molecule has 0 saturated carbocycles. The van der Waals surface area contributed by atoms with Crippen molar-refractivity contribution in [3.05, 3.63) is 0 Å². The predicted octanol–water partition coefficient (Wildman–Crippen LogP) is 2.94. The van der Waals surface area contributed by atoms with Crippen LogP contribution in [0.25, 0.3) is 0 Å². The number of piperidine rings is 1. The first-order chi connectivity index (χ1) is 9.97. The fourth-order valence-electron chi connectivity index (χ4n) is 4.02. The van der Waals surface area contributed by atoms with Gasteiger partial charge in [-0.15, -0.1) is 0 Å². The molecule has 0 aromatic rings. The van der Waals surface area contributed by atoms with Gasteiger partial charge in [-0.2, -0.15) is 0 Å². The summed E-state index contributed by atoms with van der Waals surface area (Å²) in [7, 11) is 0. The number of amides is 2. The van der Waals surface area contributed by atoms with Gasteiger partial charge in [0, 0.05) is 31.1 Å². The van der Waals surface area contributed by atoms with Crippen molar-refractivity contribution < 1.29 is 14.7 Å². The van der Waals surface area contributed by atoms with Gasteiger partial charge in [0.25, 0.3) is 0 Å². The Hall–Kier alpha value is -1.26. The molecule has 3 atom stereocenters. The highest BCUT2D eigenvalue weighted by molar-refractivity contribution is 5.76. The second-order valence-electron chi connectivity index (χ2n) is 6.55. The van der Waals surface area contributed by atoms with Crippen molar-refractivity contribution >= 4 is 12.0 Å². The van der Waals surface area contributed by atoms with Crippen LogP contribution in [0.4, 0.5) is 4.79 Å². The first-order valence-corrected chi connectivity index (χ1v) is 8.28. The molecule has 2 bridgehead atoms. The number of fused-ring (bicyclic) bond motifs is 2. The van der Waals surface area contributed by atoms with Gasteiger partial charge in [0.2, 0.25) is 0 Å². The number of carboxylic acid groups (broad SMARTS) is 1. The van der Waals surface area contributed by atoms with Crippen LogP contribution in [0.1, 0.15) is 59.3 Å². The quantitative estimate of drug-likeness (QED) is 0.848.